The predicted molar refractivity (Wildman–Crippen MR) is 51.5 cm³/mol. The number of rotatable bonds is 0. The van der Waals surface area contributed by atoms with Gasteiger partial charge in [0.1, 0.15) is 5.52 Å². The van der Waals surface area contributed by atoms with Crippen LogP contribution in [-0.2, 0) is 0 Å². The summed E-state index contributed by atoms with van der Waals surface area (Å²) in [5.41, 5.74) is 2.06. The number of nitrogens with zero attached hydrogens (tertiary/aromatic N) is 2. The minimum Gasteiger partial charge on any atom is -0.240 e. The SMILES string of the molecule is [c]1cccc2c1nn1ccccc21. The first kappa shape index (κ1) is 6.66. The van der Waals surface area contributed by atoms with Crippen molar-refractivity contribution in [3.63, 3.8) is 0 Å². The number of hydrogen-bond acceptors (Lipinski definition) is 1. The number of fused-ring (bicyclic) bond motifs is 3. The molecular formula is C11H7N2. The van der Waals surface area contributed by atoms with Crippen LogP contribution in [0, 0.1) is 6.07 Å². The molecule has 0 spiro atoms. The first-order valence-electron chi connectivity index (χ1n) is 4.19. The molecule has 3 aromatic rings. The van der Waals surface area contributed by atoms with Gasteiger partial charge in [0.05, 0.1) is 5.52 Å². The molecule has 61 valence electrons. The van der Waals surface area contributed by atoms with Crippen molar-refractivity contribution in [1.82, 2.24) is 9.61 Å². The highest BCUT2D eigenvalue weighted by Crippen LogP contribution is 2.17. The summed E-state index contributed by atoms with van der Waals surface area (Å²) in [6.45, 7) is 0. The lowest BCUT2D eigenvalue weighted by Crippen LogP contribution is -1.82. The molecule has 3 rings (SSSR count). The smallest absolute Gasteiger partial charge is 0.101 e. The molecule has 13 heavy (non-hydrogen) atoms. The Morgan fingerprint density at radius 3 is 3.15 bits per heavy atom. The van der Waals surface area contributed by atoms with E-state index in [0.29, 0.717) is 0 Å². The van der Waals surface area contributed by atoms with Gasteiger partial charge in [-0.3, -0.25) is 0 Å². The van der Waals surface area contributed by atoms with Crippen molar-refractivity contribution in [1.29, 1.82) is 0 Å². The van der Waals surface area contributed by atoms with E-state index in [-0.39, 0.29) is 0 Å². The maximum absolute atomic E-state index is 4.38. The van der Waals surface area contributed by atoms with E-state index in [1.165, 1.54) is 0 Å². The normalized spacial score (nSPS) is 11.1. The largest absolute Gasteiger partial charge is 0.240 e. The highest BCUT2D eigenvalue weighted by Gasteiger charge is 2.01. The molecule has 2 heterocycles. The minimum atomic E-state index is 0.925. The molecule has 0 amide bonds. The molecule has 0 saturated carbocycles. The second-order valence-corrected chi connectivity index (χ2v) is 2.96. The average Bonchev–Trinajstić information content (AvgIpc) is 2.56. The van der Waals surface area contributed by atoms with Gasteiger partial charge in [-0.25, -0.2) is 4.52 Å². The topological polar surface area (TPSA) is 17.3 Å². The summed E-state index contributed by atoms with van der Waals surface area (Å²) >= 11 is 0. The fraction of sp³-hybridized carbons (Fsp3) is 0. The number of pyridine rings is 1. The second kappa shape index (κ2) is 2.33. The molecule has 0 saturated heterocycles. The minimum absolute atomic E-state index is 0.925. The zero-order valence-corrected chi connectivity index (χ0v) is 6.94. The molecule has 0 atom stereocenters. The second-order valence-electron chi connectivity index (χ2n) is 2.96. The van der Waals surface area contributed by atoms with Crippen LogP contribution in [0.5, 0.6) is 0 Å². The summed E-state index contributed by atoms with van der Waals surface area (Å²) in [7, 11) is 0. The Labute approximate surface area is 75.4 Å². The third kappa shape index (κ3) is 0.855. The third-order valence-corrected chi connectivity index (χ3v) is 2.16. The maximum Gasteiger partial charge on any atom is 0.101 e. The zero-order valence-electron chi connectivity index (χ0n) is 6.94. The highest BCUT2D eigenvalue weighted by molar-refractivity contribution is 5.93. The van der Waals surface area contributed by atoms with E-state index >= 15 is 0 Å². The van der Waals surface area contributed by atoms with Gasteiger partial charge in [-0.2, -0.15) is 5.10 Å². The van der Waals surface area contributed by atoms with E-state index in [1.54, 1.807) is 0 Å². The van der Waals surface area contributed by atoms with Crippen LogP contribution in [0.4, 0.5) is 0 Å². The third-order valence-electron chi connectivity index (χ3n) is 2.16. The van der Waals surface area contributed by atoms with Crippen LogP contribution in [0.25, 0.3) is 16.4 Å². The van der Waals surface area contributed by atoms with Crippen LogP contribution in [0.2, 0.25) is 0 Å². The van der Waals surface area contributed by atoms with E-state index < -0.39 is 0 Å². The van der Waals surface area contributed by atoms with Crippen molar-refractivity contribution >= 4 is 16.4 Å². The maximum atomic E-state index is 4.38. The van der Waals surface area contributed by atoms with Gasteiger partial charge in [-0.15, -0.1) is 0 Å². The summed E-state index contributed by atoms with van der Waals surface area (Å²) in [6, 6.07) is 15.1. The van der Waals surface area contributed by atoms with Crippen LogP contribution in [0.1, 0.15) is 0 Å². The van der Waals surface area contributed by atoms with Crippen molar-refractivity contribution in [2.24, 2.45) is 0 Å². The molecule has 0 bridgehead atoms. The van der Waals surface area contributed by atoms with E-state index in [1.807, 2.05) is 35.0 Å². The number of hydrogen-bond donors (Lipinski definition) is 0. The molecule has 0 aliphatic heterocycles. The lowest BCUT2D eigenvalue weighted by molar-refractivity contribution is 0.981. The molecule has 2 nitrogen and oxygen atoms in total. The fourth-order valence-corrected chi connectivity index (χ4v) is 1.56. The molecule has 0 fully saturated rings. The van der Waals surface area contributed by atoms with Crippen molar-refractivity contribution in [3.05, 3.63) is 48.7 Å². The Bertz CT molecular complexity index is 516. The van der Waals surface area contributed by atoms with Crippen molar-refractivity contribution < 1.29 is 0 Å². The van der Waals surface area contributed by atoms with Gasteiger partial charge in [-0.05, 0) is 12.1 Å². The predicted octanol–water partition coefficient (Wildman–Crippen LogP) is 2.29. The lowest BCUT2D eigenvalue weighted by Gasteiger charge is -1.88. The van der Waals surface area contributed by atoms with Crippen LogP contribution in [0.3, 0.4) is 0 Å². The summed E-state index contributed by atoms with van der Waals surface area (Å²) < 4.78 is 1.88. The lowest BCUT2D eigenvalue weighted by atomic mass is 10.2. The average molecular weight is 167 g/mol. The van der Waals surface area contributed by atoms with E-state index in [9.17, 15) is 0 Å². The van der Waals surface area contributed by atoms with Crippen LogP contribution < -0.4 is 0 Å². The Morgan fingerprint density at radius 2 is 2.15 bits per heavy atom. The summed E-state index contributed by atoms with van der Waals surface area (Å²) in [4.78, 5) is 0. The van der Waals surface area contributed by atoms with Gasteiger partial charge in [0.15, 0.2) is 0 Å². The number of aromatic nitrogens is 2. The monoisotopic (exact) mass is 167 g/mol. The van der Waals surface area contributed by atoms with Crippen molar-refractivity contribution in [2.45, 2.75) is 0 Å². The first-order chi connectivity index (χ1) is 6.45. The Hall–Kier alpha value is -1.83. The Balaban J connectivity index is 2.64. The van der Waals surface area contributed by atoms with E-state index in [0.717, 1.165) is 16.4 Å². The quantitative estimate of drug-likeness (QED) is 0.502. The Kier molecular flexibility index (Phi) is 1.19. The zero-order chi connectivity index (χ0) is 8.67. The summed E-state index contributed by atoms with van der Waals surface area (Å²) in [5, 5.41) is 5.53. The van der Waals surface area contributed by atoms with Gasteiger partial charge in [0.2, 0.25) is 0 Å². The molecule has 2 aromatic heterocycles. The van der Waals surface area contributed by atoms with Crippen LogP contribution in [-0.4, -0.2) is 9.61 Å². The van der Waals surface area contributed by atoms with Crippen molar-refractivity contribution in [2.75, 3.05) is 0 Å². The van der Waals surface area contributed by atoms with Gasteiger partial charge >= 0.3 is 0 Å². The van der Waals surface area contributed by atoms with E-state index in [2.05, 4.69) is 23.3 Å². The summed E-state index contributed by atoms with van der Waals surface area (Å²) in [5.74, 6) is 0. The fourth-order valence-electron chi connectivity index (χ4n) is 1.56. The van der Waals surface area contributed by atoms with Crippen LogP contribution >= 0.6 is 0 Å². The van der Waals surface area contributed by atoms with Gasteiger partial charge in [0.25, 0.3) is 0 Å². The van der Waals surface area contributed by atoms with E-state index in [4.69, 9.17) is 0 Å². The molecular weight excluding hydrogens is 160 g/mol. The summed E-state index contributed by atoms with van der Waals surface area (Å²) in [6.07, 6.45) is 1.95. The highest BCUT2D eigenvalue weighted by atomic mass is 15.2. The van der Waals surface area contributed by atoms with Gasteiger partial charge < -0.3 is 0 Å². The Morgan fingerprint density at radius 1 is 1.15 bits per heavy atom. The molecule has 0 aliphatic carbocycles. The first-order valence-corrected chi connectivity index (χ1v) is 4.19. The molecule has 0 unspecified atom stereocenters. The molecule has 1 aromatic carbocycles. The molecule has 0 N–H and O–H groups in total. The van der Waals surface area contributed by atoms with Gasteiger partial charge in [-0.1, -0.05) is 24.3 Å². The molecule has 0 aliphatic rings. The molecule has 2 heteroatoms. The van der Waals surface area contributed by atoms with Crippen LogP contribution in [0.15, 0.2) is 42.6 Å². The number of benzene rings is 1. The standard InChI is InChI=1S/C11H7N2/c1-2-6-10-9(5-1)11-7-3-4-8-13(11)12-10/h1-5,7-8H. The van der Waals surface area contributed by atoms with Crippen molar-refractivity contribution in [3.8, 4) is 0 Å². The molecule has 1 radical (unpaired) electrons. The van der Waals surface area contributed by atoms with Gasteiger partial charge in [0, 0.05) is 17.6 Å².